The van der Waals surface area contributed by atoms with Gasteiger partial charge in [0.1, 0.15) is 5.82 Å². The molecule has 5 heteroatoms. The molecule has 0 aliphatic rings. The average Bonchev–Trinajstić information content (AvgIpc) is 2.26. The number of amides is 1. The fourth-order valence-electron chi connectivity index (χ4n) is 1.66. The quantitative estimate of drug-likeness (QED) is 0.777. The van der Waals surface area contributed by atoms with Crippen LogP contribution < -0.4 is 16.0 Å². The minimum atomic E-state index is -0.376. The van der Waals surface area contributed by atoms with E-state index in [0.29, 0.717) is 17.9 Å². The summed E-state index contributed by atoms with van der Waals surface area (Å²) in [6, 6.07) is 4.34. The van der Waals surface area contributed by atoms with E-state index in [4.69, 9.17) is 5.73 Å². The van der Waals surface area contributed by atoms with Crippen LogP contribution in [0, 0.1) is 11.7 Å². The predicted octanol–water partition coefficient (Wildman–Crippen LogP) is 1.23. The molecule has 3 N–H and O–H groups in total. The summed E-state index contributed by atoms with van der Waals surface area (Å²) in [6.45, 7) is 2.32. The number of carbonyl (C=O) groups excluding carboxylic acids is 1. The zero-order chi connectivity index (χ0) is 13.0. The van der Waals surface area contributed by atoms with Crippen molar-refractivity contribution in [1.82, 2.24) is 5.32 Å². The van der Waals surface area contributed by atoms with Crippen LogP contribution in [0.5, 0.6) is 0 Å². The normalized spacial score (nSPS) is 12.0. The summed E-state index contributed by atoms with van der Waals surface area (Å²) in [4.78, 5) is 13.2. The monoisotopic (exact) mass is 239 g/mol. The van der Waals surface area contributed by atoms with Crippen LogP contribution in [-0.2, 0) is 4.79 Å². The van der Waals surface area contributed by atoms with Gasteiger partial charge in [0.05, 0.1) is 5.92 Å². The van der Waals surface area contributed by atoms with E-state index in [-0.39, 0.29) is 17.6 Å². The highest BCUT2D eigenvalue weighted by Crippen LogP contribution is 2.19. The van der Waals surface area contributed by atoms with Gasteiger partial charge in [0.15, 0.2) is 0 Å². The molecule has 0 bridgehead atoms. The highest BCUT2D eigenvalue weighted by molar-refractivity contribution is 5.78. The fraction of sp³-hybridized carbons (Fsp3) is 0.417. The fourth-order valence-corrected chi connectivity index (χ4v) is 1.66. The van der Waals surface area contributed by atoms with E-state index in [0.717, 1.165) is 0 Å². The molecule has 0 spiro atoms. The molecule has 1 aromatic rings. The van der Waals surface area contributed by atoms with Crippen LogP contribution in [0.3, 0.4) is 0 Å². The SMILES string of the molecule is CNC(=O)C(C)CN(C)c1cc(N)cc(F)c1. The van der Waals surface area contributed by atoms with E-state index in [9.17, 15) is 9.18 Å². The standard InChI is InChI=1S/C12H18FN3O/c1-8(12(17)15-2)7-16(3)11-5-9(13)4-10(14)6-11/h4-6,8H,7,14H2,1-3H3,(H,15,17). The molecule has 94 valence electrons. The lowest BCUT2D eigenvalue weighted by Gasteiger charge is -2.23. The molecule has 0 radical (unpaired) electrons. The molecule has 0 aromatic heterocycles. The van der Waals surface area contributed by atoms with Crippen molar-refractivity contribution in [2.75, 3.05) is 31.3 Å². The van der Waals surface area contributed by atoms with Gasteiger partial charge in [-0.05, 0) is 18.2 Å². The van der Waals surface area contributed by atoms with Gasteiger partial charge in [-0.1, -0.05) is 6.92 Å². The van der Waals surface area contributed by atoms with Crippen LogP contribution in [0.4, 0.5) is 15.8 Å². The van der Waals surface area contributed by atoms with Crippen LogP contribution in [0.25, 0.3) is 0 Å². The van der Waals surface area contributed by atoms with Gasteiger partial charge in [0, 0.05) is 32.0 Å². The largest absolute Gasteiger partial charge is 0.399 e. The number of nitrogens with two attached hydrogens (primary N) is 1. The minimum absolute atomic E-state index is 0.0405. The van der Waals surface area contributed by atoms with Crippen LogP contribution in [0.1, 0.15) is 6.92 Å². The first kappa shape index (κ1) is 13.3. The maximum atomic E-state index is 13.2. The second-order valence-corrected chi connectivity index (χ2v) is 4.14. The number of hydrogen-bond acceptors (Lipinski definition) is 3. The minimum Gasteiger partial charge on any atom is -0.399 e. The third-order valence-electron chi connectivity index (χ3n) is 2.59. The molecule has 0 aliphatic heterocycles. The first-order valence-corrected chi connectivity index (χ1v) is 5.43. The van der Waals surface area contributed by atoms with Crippen molar-refractivity contribution >= 4 is 17.3 Å². The third-order valence-corrected chi connectivity index (χ3v) is 2.59. The molecular formula is C12H18FN3O. The summed E-state index contributed by atoms with van der Waals surface area (Å²) in [6.07, 6.45) is 0. The Kier molecular flexibility index (Phi) is 4.31. The van der Waals surface area contributed by atoms with Gasteiger partial charge in [0.2, 0.25) is 5.91 Å². The van der Waals surface area contributed by atoms with Crippen molar-refractivity contribution < 1.29 is 9.18 Å². The number of hydrogen-bond donors (Lipinski definition) is 2. The molecule has 0 fully saturated rings. The molecule has 1 aromatic carbocycles. The third kappa shape index (κ3) is 3.62. The van der Waals surface area contributed by atoms with Gasteiger partial charge in [-0.15, -0.1) is 0 Å². The zero-order valence-corrected chi connectivity index (χ0v) is 10.3. The molecule has 1 atom stereocenters. The van der Waals surface area contributed by atoms with Crippen molar-refractivity contribution in [3.8, 4) is 0 Å². The Bertz CT molecular complexity index is 388. The van der Waals surface area contributed by atoms with Crippen molar-refractivity contribution in [1.29, 1.82) is 0 Å². The van der Waals surface area contributed by atoms with E-state index in [1.807, 2.05) is 6.92 Å². The number of nitrogens with zero attached hydrogens (tertiary/aromatic N) is 1. The summed E-state index contributed by atoms with van der Waals surface area (Å²) >= 11 is 0. The Morgan fingerprint density at radius 1 is 1.53 bits per heavy atom. The van der Waals surface area contributed by atoms with E-state index in [1.54, 1.807) is 25.1 Å². The first-order valence-electron chi connectivity index (χ1n) is 5.43. The number of nitrogen functional groups attached to an aromatic ring is 1. The average molecular weight is 239 g/mol. The Morgan fingerprint density at radius 3 is 2.71 bits per heavy atom. The highest BCUT2D eigenvalue weighted by Gasteiger charge is 2.14. The maximum Gasteiger partial charge on any atom is 0.224 e. The van der Waals surface area contributed by atoms with Gasteiger partial charge in [-0.3, -0.25) is 4.79 Å². The van der Waals surface area contributed by atoms with Crippen molar-refractivity contribution in [2.24, 2.45) is 5.92 Å². The van der Waals surface area contributed by atoms with Crippen LogP contribution >= 0.6 is 0 Å². The number of benzene rings is 1. The second kappa shape index (κ2) is 5.52. The van der Waals surface area contributed by atoms with Crippen molar-refractivity contribution in [2.45, 2.75) is 6.92 Å². The molecule has 1 rings (SSSR count). The lowest BCUT2D eigenvalue weighted by Crippen LogP contribution is -2.34. The van der Waals surface area contributed by atoms with E-state index < -0.39 is 0 Å². The van der Waals surface area contributed by atoms with Crippen LogP contribution in [0.2, 0.25) is 0 Å². The van der Waals surface area contributed by atoms with Gasteiger partial charge in [-0.25, -0.2) is 4.39 Å². The Balaban J connectivity index is 2.75. The van der Waals surface area contributed by atoms with Gasteiger partial charge >= 0.3 is 0 Å². The maximum absolute atomic E-state index is 13.2. The summed E-state index contributed by atoms with van der Waals surface area (Å²) in [5.74, 6) is -0.588. The number of anilines is 2. The Hall–Kier alpha value is -1.78. The molecule has 0 aliphatic carbocycles. The Labute approximate surface area is 101 Å². The van der Waals surface area contributed by atoms with Crippen LogP contribution in [0.15, 0.2) is 18.2 Å². The topological polar surface area (TPSA) is 58.4 Å². The highest BCUT2D eigenvalue weighted by atomic mass is 19.1. The van der Waals surface area contributed by atoms with E-state index >= 15 is 0 Å². The molecule has 4 nitrogen and oxygen atoms in total. The number of rotatable bonds is 4. The number of nitrogens with one attached hydrogen (secondary N) is 1. The van der Waals surface area contributed by atoms with E-state index in [1.165, 1.54) is 12.1 Å². The molecular weight excluding hydrogens is 221 g/mol. The number of carbonyl (C=O) groups is 1. The van der Waals surface area contributed by atoms with Crippen molar-refractivity contribution in [3.63, 3.8) is 0 Å². The first-order chi connectivity index (χ1) is 7.93. The number of halogens is 1. The summed E-state index contributed by atoms with van der Waals surface area (Å²) < 4.78 is 13.2. The summed E-state index contributed by atoms with van der Waals surface area (Å²) in [7, 11) is 3.40. The smallest absolute Gasteiger partial charge is 0.224 e. The molecule has 0 saturated carbocycles. The lowest BCUT2D eigenvalue weighted by molar-refractivity contribution is -0.123. The van der Waals surface area contributed by atoms with E-state index in [2.05, 4.69) is 5.32 Å². The summed E-state index contributed by atoms with van der Waals surface area (Å²) in [5, 5.41) is 2.58. The molecule has 0 heterocycles. The molecule has 1 unspecified atom stereocenters. The molecule has 0 saturated heterocycles. The second-order valence-electron chi connectivity index (χ2n) is 4.14. The molecule has 17 heavy (non-hydrogen) atoms. The van der Waals surface area contributed by atoms with Crippen molar-refractivity contribution in [3.05, 3.63) is 24.0 Å². The van der Waals surface area contributed by atoms with Crippen LogP contribution in [-0.4, -0.2) is 26.5 Å². The Morgan fingerprint density at radius 2 is 2.18 bits per heavy atom. The van der Waals surface area contributed by atoms with Gasteiger partial charge in [0.25, 0.3) is 0 Å². The predicted molar refractivity (Wildman–Crippen MR) is 67.3 cm³/mol. The zero-order valence-electron chi connectivity index (χ0n) is 10.3. The van der Waals surface area contributed by atoms with Gasteiger partial charge in [-0.2, -0.15) is 0 Å². The lowest BCUT2D eigenvalue weighted by atomic mass is 10.1. The summed E-state index contributed by atoms with van der Waals surface area (Å²) in [5.41, 5.74) is 6.61. The van der Waals surface area contributed by atoms with Gasteiger partial charge < -0.3 is 16.0 Å². The molecule has 1 amide bonds.